The molecule has 0 aliphatic carbocycles. The molecule has 1 amide bonds. The number of nitrogen functional groups attached to an aromatic ring is 2. The van der Waals surface area contributed by atoms with Crippen molar-refractivity contribution in [1.29, 1.82) is 0 Å². The van der Waals surface area contributed by atoms with E-state index < -0.39 is 0 Å². The Morgan fingerprint density at radius 2 is 1.75 bits per heavy atom. The molecule has 4 N–H and O–H groups in total. The van der Waals surface area contributed by atoms with Crippen LogP contribution in [-0.2, 0) is 4.79 Å². The van der Waals surface area contributed by atoms with Gasteiger partial charge in [-0.1, -0.05) is 0 Å². The topological polar surface area (TPSA) is 111 Å². The van der Waals surface area contributed by atoms with Crippen LogP contribution >= 0.6 is 0 Å². The molecule has 0 saturated carbocycles. The van der Waals surface area contributed by atoms with Gasteiger partial charge in [-0.2, -0.15) is 15.0 Å². The molecule has 0 atom stereocenters. The Morgan fingerprint density at radius 1 is 1.25 bits per heavy atom. The molecule has 12 heavy (non-hydrogen) atoms. The highest BCUT2D eigenvalue weighted by molar-refractivity contribution is 5.70. The van der Waals surface area contributed by atoms with Gasteiger partial charge in [-0.25, -0.2) is 0 Å². The monoisotopic (exact) mass is 168 g/mol. The van der Waals surface area contributed by atoms with Gasteiger partial charge in [0.25, 0.3) is 0 Å². The summed E-state index contributed by atoms with van der Waals surface area (Å²) in [7, 11) is 1.49. The predicted octanol–water partition coefficient (Wildman–Crippen LogP) is -1.37. The standard InChI is InChI=1S/C5H8N6O/c1-11(2-12)5-9-3(6)8-4(7)10-5/h2H,1H3,(H4,6,7,8,9,10). The molecule has 0 spiro atoms. The lowest BCUT2D eigenvalue weighted by atomic mass is 10.7. The quantitative estimate of drug-likeness (QED) is 0.527. The van der Waals surface area contributed by atoms with Gasteiger partial charge in [0.15, 0.2) is 0 Å². The number of rotatable bonds is 2. The van der Waals surface area contributed by atoms with Gasteiger partial charge in [0.1, 0.15) is 0 Å². The summed E-state index contributed by atoms with van der Waals surface area (Å²) in [5.41, 5.74) is 10.5. The highest BCUT2D eigenvalue weighted by Gasteiger charge is 2.04. The van der Waals surface area contributed by atoms with Gasteiger partial charge in [0, 0.05) is 7.05 Å². The summed E-state index contributed by atoms with van der Waals surface area (Å²) >= 11 is 0. The Hall–Kier alpha value is -1.92. The van der Waals surface area contributed by atoms with Gasteiger partial charge in [0.05, 0.1) is 0 Å². The van der Waals surface area contributed by atoms with Crippen molar-refractivity contribution in [1.82, 2.24) is 15.0 Å². The van der Waals surface area contributed by atoms with Gasteiger partial charge in [-0.3, -0.25) is 9.69 Å². The van der Waals surface area contributed by atoms with E-state index in [9.17, 15) is 4.79 Å². The lowest BCUT2D eigenvalue weighted by Crippen LogP contribution is -2.19. The summed E-state index contributed by atoms with van der Waals surface area (Å²) in [6.07, 6.45) is 0.550. The maximum atomic E-state index is 10.3. The Bertz CT molecular complexity index is 280. The lowest BCUT2D eigenvalue weighted by Gasteiger charge is -2.07. The van der Waals surface area contributed by atoms with Crippen molar-refractivity contribution >= 4 is 24.3 Å². The van der Waals surface area contributed by atoms with E-state index in [-0.39, 0.29) is 17.8 Å². The molecule has 0 unspecified atom stereocenters. The van der Waals surface area contributed by atoms with Gasteiger partial charge >= 0.3 is 0 Å². The van der Waals surface area contributed by atoms with Crippen molar-refractivity contribution in [2.24, 2.45) is 0 Å². The Kier molecular flexibility index (Phi) is 2.04. The average Bonchev–Trinajstić information content (AvgIpc) is 2.01. The normalized spacial score (nSPS) is 9.42. The second kappa shape index (κ2) is 2.99. The van der Waals surface area contributed by atoms with Crippen LogP contribution in [0.3, 0.4) is 0 Å². The number of aromatic nitrogens is 3. The summed E-state index contributed by atoms with van der Waals surface area (Å²) in [6.45, 7) is 0. The number of carbonyl (C=O) groups is 1. The van der Waals surface area contributed by atoms with Crippen molar-refractivity contribution in [2.75, 3.05) is 23.4 Å². The summed E-state index contributed by atoms with van der Waals surface area (Å²) < 4.78 is 0. The Morgan fingerprint density at radius 3 is 2.17 bits per heavy atom. The molecule has 0 saturated heterocycles. The third kappa shape index (κ3) is 1.57. The zero-order valence-corrected chi connectivity index (χ0v) is 6.43. The van der Waals surface area contributed by atoms with Crippen LogP contribution in [-0.4, -0.2) is 28.4 Å². The maximum Gasteiger partial charge on any atom is 0.238 e. The van der Waals surface area contributed by atoms with Crippen LogP contribution in [0.25, 0.3) is 0 Å². The molecule has 7 nitrogen and oxygen atoms in total. The van der Waals surface area contributed by atoms with Crippen molar-refractivity contribution in [3.05, 3.63) is 0 Å². The van der Waals surface area contributed by atoms with Gasteiger partial charge < -0.3 is 11.5 Å². The SMILES string of the molecule is CN(C=O)c1nc(N)nc(N)n1. The molecular formula is C5H8N6O. The number of nitrogens with two attached hydrogens (primary N) is 2. The van der Waals surface area contributed by atoms with Gasteiger partial charge in [-0.15, -0.1) is 0 Å². The molecule has 1 aromatic heterocycles. The minimum absolute atomic E-state index is 0.00815. The van der Waals surface area contributed by atoms with Crippen molar-refractivity contribution in [2.45, 2.75) is 0 Å². The number of nitrogens with zero attached hydrogens (tertiary/aromatic N) is 4. The summed E-state index contributed by atoms with van der Waals surface area (Å²) in [5.74, 6) is 0.118. The molecule has 0 aromatic carbocycles. The van der Waals surface area contributed by atoms with E-state index in [4.69, 9.17) is 11.5 Å². The molecule has 1 rings (SSSR count). The zero-order chi connectivity index (χ0) is 9.14. The molecular weight excluding hydrogens is 160 g/mol. The minimum atomic E-state index is -0.00815. The first-order valence-electron chi connectivity index (χ1n) is 3.08. The number of carbonyl (C=O) groups excluding carboxylic acids is 1. The van der Waals surface area contributed by atoms with Crippen LogP contribution < -0.4 is 16.4 Å². The van der Waals surface area contributed by atoms with Crippen LogP contribution in [0.1, 0.15) is 0 Å². The second-order valence-corrected chi connectivity index (χ2v) is 2.07. The largest absolute Gasteiger partial charge is 0.368 e. The van der Waals surface area contributed by atoms with E-state index in [0.717, 1.165) is 4.90 Å². The third-order valence-corrected chi connectivity index (χ3v) is 1.13. The van der Waals surface area contributed by atoms with Crippen LogP contribution in [0.4, 0.5) is 17.8 Å². The molecule has 1 heterocycles. The van der Waals surface area contributed by atoms with E-state index in [1.807, 2.05) is 0 Å². The summed E-state index contributed by atoms with van der Waals surface area (Å²) in [4.78, 5) is 22.3. The average molecular weight is 168 g/mol. The smallest absolute Gasteiger partial charge is 0.238 e. The highest BCUT2D eigenvalue weighted by atomic mass is 16.1. The molecule has 0 aliphatic heterocycles. The fraction of sp³-hybridized carbons (Fsp3) is 0.200. The Balaban J connectivity index is 3.08. The van der Waals surface area contributed by atoms with E-state index in [2.05, 4.69) is 15.0 Å². The molecule has 64 valence electrons. The highest BCUT2D eigenvalue weighted by Crippen LogP contribution is 2.05. The van der Waals surface area contributed by atoms with Crippen LogP contribution in [0.2, 0.25) is 0 Å². The van der Waals surface area contributed by atoms with Crippen molar-refractivity contribution in [3.8, 4) is 0 Å². The predicted molar refractivity (Wildman–Crippen MR) is 43.1 cm³/mol. The van der Waals surface area contributed by atoms with E-state index in [0.29, 0.717) is 6.41 Å². The van der Waals surface area contributed by atoms with Crippen LogP contribution in [0, 0.1) is 0 Å². The first-order chi connectivity index (χ1) is 5.63. The van der Waals surface area contributed by atoms with Gasteiger partial charge in [0.2, 0.25) is 24.3 Å². The number of hydrogen-bond acceptors (Lipinski definition) is 6. The first-order valence-corrected chi connectivity index (χ1v) is 3.08. The Labute approximate surface area is 68.4 Å². The molecule has 0 aliphatic rings. The summed E-state index contributed by atoms with van der Waals surface area (Å²) in [6, 6.07) is 0. The summed E-state index contributed by atoms with van der Waals surface area (Å²) in [5, 5.41) is 0. The number of hydrogen-bond donors (Lipinski definition) is 2. The fourth-order valence-electron chi connectivity index (χ4n) is 0.602. The zero-order valence-electron chi connectivity index (χ0n) is 6.43. The molecule has 7 heteroatoms. The fourth-order valence-corrected chi connectivity index (χ4v) is 0.602. The third-order valence-electron chi connectivity index (χ3n) is 1.13. The van der Waals surface area contributed by atoms with Crippen LogP contribution in [0.15, 0.2) is 0 Å². The van der Waals surface area contributed by atoms with Gasteiger partial charge in [-0.05, 0) is 0 Å². The van der Waals surface area contributed by atoms with Crippen LogP contribution in [0.5, 0.6) is 0 Å². The van der Waals surface area contributed by atoms with E-state index >= 15 is 0 Å². The van der Waals surface area contributed by atoms with Crippen molar-refractivity contribution < 1.29 is 4.79 Å². The molecule has 1 aromatic rings. The molecule has 0 fully saturated rings. The molecule has 0 radical (unpaired) electrons. The maximum absolute atomic E-state index is 10.3. The van der Waals surface area contributed by atoms with E-state index in [1.165, 1.54) is 7.05 Å². The molecule has 0 bridgehead atoms. The number of anilines is 3. The van der Waals surface area contributed by atoms with E-state index in [1.54, 1.807) is 0 Å². The first kappa shape index (κ1) is 8.18. The van der Waals surface area contributed by atoms with Crippen molar-refractivity contribution in [3.63, 3.8) is 0 Å². The number of amides is 1. The lowest BCUT2D eigenvalue weighted by molar-refractivity contribution is -0.107. The second-order valence-electron chi connectivity index (χ2n) is 2.07. The minimum Gasteiger partial charge on any atom is -0.368 e.